The number of benzene rings is 1. The van der Waals surface area contributed by atoms with Crippen LogP contribution in [-0.4, -0.2) is 29.3 Å². The van der Waals surface area contributed by atoms with E-state index in [0.29, 0.717) is 21.7 Å². The molecule has 2 rings (SSSR count). The first-order valence-corrected chi connectivity index (χ1v) is 7.66. The SMILES string of the molecule is CC(Oc1ccc(Cl)cc1Cl)C(=O)NC(C)(CO)C1CC1. The highest BCUT2D eigenvalue weighted by Crippen LogP contribution is 2.39. The summed E-state index contributed by atoms with van der Waals surface area (Å²) in [5, 5.41) is 13.2. The van der Waals surface area contributed by atoms with Crippen molar-refractivity contribution in [2.75, 3.05) is 6.61 Å². The van der Waals surface area contributed by atoms with Crippen molar-refractivity contribution < 1.29 is 14.6 Å². The maximum absolute atomic E-state index is 12.2. The molecule has 21 heavy (non-hydrogen) atoms. The molecule has 1 aliphatic rings. The summed E-state index contributed by atoms with van der Waals surface area (Å²) >= 11 is 11.8. The molecule has 4 nitrogen and oxygen atoms in total. The van der Waals surface area contributed by atoms with Gasteiger partial charge in [0.25, 0.3) is 5.91 Å². The van der Waals surface area contributed by atoms with E-state index in [0.717, 1.165) is 12.8 Å². The molecule has 1 aromatic rings. The molecular weight excluding hydrogens is 313 g/mol. The zero-order chi connectivity index (χ0) is 15.6. The number of carbonyl (C=O) groups excluding carboxylic acids is 1. The molecule has 0 aliphatic heterocycles. The van der Waals surface area contributed by atoms with E-state index in [1.54, 1.807) is 25.1 Å². The lowest BCUT2D eigenvalue weighted by Gasteiger charge is -2.30. The molecule has 0 bridgehead atoms. The maximum Gasteiger partial charge on any atom is 0.261 e. The van der Waals surface area contributed by atoms with Crippen LogP contribution in [0.2, 0.25) is 10.0 Å². The van der Waals surface area contributed by atoms with E-state index in [9.17, 15) is 9.90 Å². The standard InChI is InChI=1S/C15H19Cl2NO3/c1-9(21-13-6-5-11(16)7-12(13)17)14(20)18-15(2,8-19)10-3-4-10/h5-7,9-10,19H,3-4,8H2,1-2H3,(H,18,20). The van der Waals surface area contributed by atoms with Gasteiger partial charge in [0, 0.05) is 5.02 Å². The molecule has 1 saturated carbocycles. The molecule has 0 spiro atoms. The summed E-state index contributed by atoms with van der Waals surface area (Å²) < 4.78 is 5.57. The van der Waals surface area contributed by atoms with Crippen molar-refractivity contribution in [2.45, 2.75) is 38.3 Å². The Hall–Kier alpha value is -0.970. The normalized spacial score (nSPS) is 18.7. The Morgan fingerprint density at radius 2 is 2.19 bits per heavy atom. The Morgan fingerprint density at radius 1 is 1.52 bits per heavy atom. The van der Waals surface area contributed by atoms with Crippen molar-refractivity contribution in [3.8, 4) is 5.75 Å². The van der Waals surface area contributed by atoms with E-state index < -0.39 is 11.6 Å². The number of ether oxygens (including phenoxy) is 1. The Balaban J connectivity index is 1.99. The van der Waals surface area contributed by atoms with E-state index in [4.69, 9.17) is 27.9 Å². The second-order valence-corrected chi connectivity index (χ2v) is 6.52. The molecule has 0 aromatic heterocycles. The summed E-state index contributed by atoms with van der Waals surface area (Å²) in [7, 11) is 0. The lowest BCUT2D eigenvalue weighted by atomic mass is 9.96. The zero-order valence-corrected chi connectivity index (χ0v) is 13.5. The molecule has 6 heteroatoms. The molecule has 0 radical (unpaired) electrons. The number of nitrogens with one attached hydrogen (secondary N) is 1. The quantitative estimate of drug-likeness (QED) is 0.842. The van der Waals surface area contributed by atoms with Crippen LogP contribution in [0.25, 0.3) is 0 Å². The first-order valence-electron chi connectivity index (χ1n) is 6.90. The molecule has 0 saturated heterocycles. The number of rotatable bonds is 6. The largest absolute Gasteiger partial charge is 0.479 e. The van der Waals surface area contributed by atoms with Crippen LogP contribution in [0, 0.1) is 5.92 Å². The number of hydrogen-bond donors (Lipinski definition) is 2. The predicted octanol–water partition coefficient (Wildman–Crippen LogP) is 3.04. The summed E-state index contributed by atoms with van der Waals surface area (Å²) in [6, 6.07) is 4.83. The third-order valence-electron chi connectivity index (χ3n) is 3.78. The van der Waals surface area contributed by atoms with Gasteiger partial charge in [-0.25, -0.2) is 0 Å². The van der Waals surface area contributed by atoms with Crippen LogP contribution in [0.1, 0.15) is 26.7 Å². The second kappa shape index (κ2) is 6.42. The number of aliphatic hydroxyl groups excluding tert-OH is 1. The molecule has 1 amide bonds. The van der Waals surface area contributed by atoms with Crippen molar-refractivity contribution in [1.29, 1.82) is 0 Å². The molecular formula is C15H19Cl2NO3. The summed E-state index contributed by atoms with van der Waals surface area (Å²) in [5.41, 5.74) is -0.585. The molecule has 1 aliphatic carbocycles. The predicted molar refractivity (Wildman–Crippen MR) is 82.9 cm³/mol. The average Bonchev–Trinajstić information content (AvgIpc) is 3.26. The lowest BCUT2D eigenvalue weighted by Crippen LogP contribution is -2.54. The van der Waals surface area contributed by atoms with Crippen LogP contribution in [-0.2, 0) is 4.79 Å². The molecule has 1 fully saturated rings. The van der Waals surface area contributed by atoms with Crippen LogP contribution in [0.4, 0.5) is 0 Å². The van der Waals surface area contributed by atoms with Gasteiger partial charge in [-0.2, -0.15) is 0 Å². The van der Waals surface area contributed by atoms with Crippen LogP contribution >= 0.6 is 23.2 Å². The minimum absolute atomic E-state index is 0.0855. The van der Waals surface area contributed by atoms with Crippen LogP contribution < -0.4 is 10.1 Å². The van der Waals surface area contributed by atoms with Crippen molar-refractivity contribution in [3.63, 3.8) is 0 Å². The Kier molecular flexibility index (Phi) is 5.02. The Labute approximate surface area is 134 Å². The van der Waals surface area contributed by atoms with Crippen molar-refractivity contribution in [1.82, 2.24) is 5.32 Å². The molecule has 2 N–H and O–H groups in total. The maximum atomic E-state index is 12.2. The van der Waals surface area contributed by atoms with Crippen LogP contribution in [0.3, 0.4) is 0 Å². The van der Waals surface area contributed by atoms with Gasteiger partial charge in [0.15, 0.2) is 6.10 Å². The smallest absolute Gasteiger partial charge is 0.261 e. The van der Waals surface area contributed by atoms with E-state index in [2.05, 4.69) is 5.32 Å². The number of amides is 1. The van der Waals surface area contributed by atoms with Gasteiger partial charge in [-0.1, -0.05) is 23.2 Å². The fourth-order valence-electron chi connectivity index (χ4n) is 2.19. The van der Waals surface area contributed by atoms with Crippen LogP contribution in [0.15, 0.2) is 18.2 Å². The topological polar surface area (TPSA) is 58.6 Å². The summed E-state index contributed by atoms with van der Waals surface area (Å²) in [5.74, 6) is 0.461. The van der Waals surface area contributed by atoms with Gasteiger partial charge in [-0.05, 0) is 50.8 Å². The first kappa shape index (κ1) is 16.4. The summed E-state index contributed by atoms with van der Waals surface area (Å²) in [4.78, 5) is 12.2. The lowest BCUT2D eigenvalue weighted by molar-refractivity contribution is -0.130. The van der Waals surface area contributed by atoms with Gasteiger partial charge in [-0.3, -0.25) is 4.79 Å². The summed E-state index contributed by atoms with van der Waals surface area (Å²) in [6.07, 6.45) is 1.33. The Bertz CT molecular complexity index is 534. The minimum Gasteiger partial charge on any atom is -0.479 e. The second-order valence-electron chi connectivity index (χ2n) is 5.67. The minimum atomic E-state index is -0.715. The third-order valence-corrected chi connectivity index (χ3v) is 4.31. The zero-order valence-electron chi connectivity index (χ0n) is 12.0. The van der Waals surface area contributed by atoms with E-state index in [-0.39, 0.29) is 12.5 Å². The van der Waals surface area contributed by atoms with Gasteiger partial charge in [0.2, 0.25) is 0 Å². The fourth-order valence-corrected chi connectivity index (χ4v) is 2.64. The summed E-state index contributed by atoms with van der Waals surface area (Å²) in [6.45, 7) is 3.41. The number of aliphatic hydroxyl groups is 1. The van der Waals surface area contributed by atoms with E-state index in [1.165, 1.54) is 0 Å². The molecule has 2 atom stereocenters. The fraction of sp³-hybridized carbons (Fsp3) is 0.533. The number of hydrogen-bond acceptors (Lipinski definition) is 3. The van der Waals surface area contributed by atoms with Crippen molar-refractivity contribution >= 4 is 29.1 Å². The average molecular weight is 332 g/mol. The molecule has 2 unspecified atom stereocenters. The molecule has 116 valence electrons. The molecule has 0 heterocycles. The van der Waals surface area contributed by atoms with Crippen molar-refractivity contribution in [2.24, 2.45) is 5.92 Å². The van der Waals surface area contributed by atoms with Gasteiger partial charge in [0.05, 0.1) is 17.2 Å². The van der Waals surface area contributed by atoms with E-state index >= 15 is 0 Å². The Morgan fingerprint density at radius 3 is 2.71 bits per heavy atom. The van der Waals surface area contributed by atoms with Gasteiger partial charge >= 0.3 is 0 Å². The molecule has 1 aromatic carbocycles. The number of halogens is 2. The van der Waals surface area contributed by atoms with Crippen LogP contribution in [0.5, 0.6) is 5.75 Å². The highest BCUT2D eigenvalue weighted by molar-refractivity contribution is 6.35. The first-order chi connectivity index (χ1) is 9.85. The van der Waals surface area contributed by atoms with Gasteiger partial charge < -0.3 is 15.2 Å². The van der Waals surface area contributed by atoms with E-state index in [1.807, 2.05) is 6.92 Å². The van der Waals surface area contributed by atoms with Crippen molar-refractivity contribution in [3.05, 3.63) is 28.2 Å². The highest BCUT2D eigenvalue weighted by atomic mass is 35.5. The third kappa shape index (κ3) is 4.02. The number of carbonyl (C=O) groups is 1. The highest BCUT2D eigenvalue weighted by Gasteiger charge is 2.42. The van der Waals surface area contributed by atoms with Gasteiger partial charge in [-0.15, -0.1) is 0 Å². The monoisotopic (exact) mass is 331 g/mol. The van der Waals surface area contributed by atoms with Gasteiger partial charge in [0.1, 0.15) is 5.75 Å².